The van der Waals surface area contributed by atoms with Crippen molar-refractivity contribution < 1.29 is 9.47 Å². The van der Waals surface area contributed by atoms with Gasteiger partial charge in [0.25, 0.3) is 0 Å². The molecule has 0 N–H and O–H groups in total. The minimum Gasteiger partial charge on any atom is -0.493 e. The molecule has 0 amide bonds. The number of benzene rings is 4. The minimum absolute atomic E-state index is 0.711. The highest BCUT2D eigenvalue weighted by Crippen LogP contribution is 2.46. The molecule has 0 bridgehead atoms. The molecular weight excluding hydrogens is 760 g/mol. The first-order valence-corrected chi connectivity index (χ1v) is 18.8. The molecule has 0 aliphatic heterocycles. The van der Waals surface area contributed by atoms with Crippen molar-refractivity contribution in [1.29, 1.82) is 0 Å². The third-order valence-corrected chi connectivity index (χ3v) is 9.64. The van der Waals surface area contributed by atoms with Crippen LogP contribution in [-0.2, 0) is 10.7 Å². The van der Waals surface area contributed by atoms with Crippen molar-refractivity contribution in [2.24, 2.45) is 0 Å². The molecule has 0 saturated carbocycles. The van der Waals surface area contributed by atoms with Gasteiger partial charge in [-0.25, -0.2) is 0 Å². The maximum Gasteiger partial charge on any atom is 0.127 e. The van der Waals surface area contributed by atoms with Gasteiger partial charge in [0.1, 0.15) is 11.5 Å². The van der Waals surface area contributed by atoms with Crippen LogP contribution in [0.4, 0.5) is 0 Å². The quantitative estimate of drug-likeness (QED) is 0.0783. The number of hydrogen-bond acceptors (Lipinski definition) is 2. The van der Waals surface area contributed by atoms with E-state index >= 15 is 0 Å². The van der Waals surface area contributed by atoms with Crippen LogP contribution in [0.5, 0.6) is 11.5 Å². The van der Waals surface area contributed by atoms with Crippen molar-refractivity contribution in [3.05, 3.63) is 71.8 Å². The summed E-state index contributed by atoms with van der Waals surface area (Å²) >= 11 is 14.4. The van der Waals surface area contributed by atoms with Crippen LogP contribution >= 0.6 is 63.7 Å². The maximum absolute atomic E-state index is 6.57. The Labute approximate surface area is 273 Å². The molecule has 0 saturated heterocycles. The van der Waals surface area contributed by atoms with Crippen molar-refractivity contribution in [2.45, 2.75) is 62.0 Å². The lowest BCUT2D eigenvalue weighted by Gasteiger charge is -2.20. The highest BCUT2D eigenvalue weighted by atomic mass is 79.9. The summed E-state index contributed by atoms with van der Waals surface area (Å²) in [4.78, 5) is 0. The van der Waals surface area contributed by atoms with Crippen molar-refractivity contribution in [3.8, 4) is 22.6 Å². The summed E-state index contributed by atoms with van der Waals surface area (Å²) in [5.41, 5.74) is 4.79. The van der Waals surface area contributed by atoms with Crippen LogP contribution in [0.15, 0.2) is 60.7 Å². The molecule has 0 atom stereocenters. The summed E-state index contributed by atoms with van der Waals surface area (Å²) in [6, 6.07) is 22.2. The Kier molecular flexibility index (Phi) is 13.6. The normalized spacial score (nSPS) is 11.4. The van der Waals surface area contributed by atoms with Crippen LogP contribution < -0.4 is 9.47 Å². The van der Waals surface area contributed by atoms with E-state index in [1.807, 2.05) is 0 Å². The molecule has 40 heavy (non-hydrogen) atoms. The fourth-order valence-corrected chi connectivity index (χ4v) is 6.60. The Morgan fingerprint density at radius 1 is 0.450 bits per heavy atom. The molecule has 0 aliphatic carbocycles. The Bertz CT molecular complexity index is 1270. The summed E-state index contributed by atoms with van der Waals surface area (Å²) in [6.45, 7) is 1.42. The number of ether oxygens (including phenoxy) is 2. The van der Waals surface area contributed by atoms with Crippen LogP contribution in [0, 0.1) is 0 Å². The van der Waals surface area contributed by atoms with Gasteiger partial charge in [0.15, 0.2) is 0 Å². The van der Waals surface area contributed by atoms with Crippen LogP contribution in [0.3, 0.4) is 0 Å². The van der Waals surface area contributed by atoms with Gasteiger partial charge in [-0.15, -0.1) is 0 Å². The van der Waals surface area contributed by atoms with Crippen LogP contribution in [0.1, 0.15) is 62.5 Å². The monoisotopic (exact) mass is 794 g/mol. The van der Waals surface area contributed by atoms with Gasteiger partial charge in [0.05, 0.1) is 13.2 Å². The molecule has 6 heteroatoms. The lowest BCUT2D eigenvalue weighted by molar-refractivity contribution is 0.302. The summed E-state index contributed by atoms with van der Waals surface area (Å²) in [5.74, 6) is 1.86. The predicted octanol–water partition coefficient (Wildman–Crippen LogP) is 12.1. The average molecular weight is 798 g/mol. The van der Waals surface area contributed by atoms with Gasteiger partial charge in [-0.2, -0.15) is 0 Å². The van der Waals surface area contributed by atoms with Gasteiger partial charge < -0.3 is 9.47 Å². The smallest absolute Gasteiger partial charge is 0.127 e. The van der Waals surface area contributed by atoms with E-state index in [9.17, 15) is 0 Å². The number of unbranched alkanes of at least 4 members (excludes halogenated alkanes) is 6. The van der Waals surface area contributed by atoms with Gasteiger partial charge in [-0.3, -0.25) is 0 Å². The first kappa shape index (κ1) is 31.8. The van der Waals surface area contributed by atoms with E-state index in [1.165, 1.54) is 71.2 Å². The Balaban J connectivity index is 1.79. The van der Waals surface area contributed by atoms with Gasteiger partial charge >= 0.3 is 0 Å². The molecule has 0 aromatic heterocycles. The summed E-state index contributed by atoms with van der Waals surface area (Å²) in [7, 11) is 0. The predicted molar refractivity (Wildman–Crippen MR) is 188 cm³/mol. The van der Waals surface area contributed by atoms with E-state index in [0.717, 1.165) is 56.8 Å². The fraction of sp³-hybridized carbons (Fsp3) is 0.412. The minimum atomic E-state index is 0.711. The van der Waals surface area contributed by atoms with Crippen molar-refractivity contribution in [3.63, 3.8) is 0 Å². The Morgan fingerprint density at radius 3 is 1.27 bits per heavy atom. The molecule has 214 valence electrons. The molecular formula is C34H38Br4O2. The van der Waals surface area contributed by atoms with E-state index in [4.69, 9.17) is 9.47 Å². The second-order valence-electron chi connectivity index (χ2n) is 10.2. The second kappa shape index (κ2) is 17.1. The fourth-order valence-electron chi connectivity index (χ4n) is 5.11. The molecule has 0 spiro atoms. The molecule has 0 radical (unpaired) electrons. The van der Waals surface area contributed by atoms with Crippen LogP contribution in [-0.4, -0.2) is 23.9 Å². The third-order valence-electron chi connectivity index (χ3n) is 7.22. The lowest BCUT2D eigenvalue weighted by atomic mass is 9.91. The number of fused-ring (bicyclic) bond motifs is 2. The number of hydrogen-bond donors (Lipinski definition) is 0. The maximum atomic E-state index is 6.57. The van der Waals surface area contributed by atoms with Crippen LogP contribution in [0.25, 0.3) is 32.7 Å². The summed E-state index contributed by atoms with van der Waals surface area (Å²) in [6.07, 6.45) is 9.32. The molecule has 2 nitrogen and oxygen atoms in total. The molecule has 4 aromatic carbocycles. The first-order chi connectivity index (χ1) is 19.7. The Morgan fingerprint density at radius 2 is 0.875 bits per heavy atom. The van der Waals surface area contributed by atoms with Crippen molar-refractivity contribution in [1.82, 2.24) is 0 Å². The number of rotatable bonds is 17. The molecule has 4 rings (SSSR count). The van der Waals surface area contributed by atoms with Crippen LogP contribution in [0.2, 0.25) is 0 Å². The zero-order valence-corrected chi connectivity index (χ0v) is 29.3. The largest absolute Gasteiger partial charge is 0.493 e. The molecule has 4 aromatic rings. The van der Waals surface area contributed by atoms with Crippen molar-refractivity contribution in [2.75, 3.05) is 23.9 Å². The van der Waals surface area contributed by atoms with E-state index in [-0.39, 0.29) is 0 Å². The highest BCUT2D eigenvalue weighted by Gasteiger charge is 2.20. The molecule has 0 unspecified atom stereocenters. The van der Waals surface area contributed by atoms with Gasteiger partial charge in [0, 0.05) is 32.4 Å². The Hall–Kier alpha value is -1.08. The SMILES string of the molecule is BrCCCCCCOc1ccc2cc(CBr)ccc2c1-c1c(OCCCCCCBr)ccc2cc(CBr)ccc12. The highest BCUT2D eigenvalue weighted by molar-refractivity contribution is 9.09. The summed E-state index contributed by atoms with van der Waals surface area (Å²) in [5, 5.41) is 8.61. The lowest BCUT2D eigenvalue weighted by Crippen LogP contribution is -2.03. The second-order valence-corrected chi connectivity index (χ2v) is 12.9. The van der Waals surface area contributed by atoms with E-state index < -0.39 is 0 Å². The van der Waals surface area contributed by atoms with Gasteiger partial charge in [0.2, 0.25) is 0 Å². The average Bonchev–Trinajstić information content (AvgIpc) is 2.99. The third kappa shape index (κ3) is 8.49. The first-order valence-electron chi connectivity index (χ1n) is 14.3. The number of halogens is 4. The van der Waals surface area contributed by atoms with Gasteiger partial charge in [-0.05, 0) is 70.5 Å². The topological polar surface area (TPSA) is 18.5 Å². The van der Waals surface area contributed by atoms with E-state index in [2.05, 4.69) is 124 Å². The number of alkyl halides is 4. The van der Waals surface area contributed by atoms with Gasteiger partial charge in [-0.1, -0.05) is 138 Å². The summed E-state index contributed by atoms with van der Waals surface area (Å²) < 4.78 is 13.1. The van der Waals surface area contributed by atoms with E-state index in [0.29, 0.717) is 13.2 Å². The van der Waals surface area contributed by atoms with E-state index in [1.54, 1.807) is 0 Å². The molecule has 0 aliphatic rings. The molecule has 0 heterocycles. The zero-order valence-electron chi connectivity index (χ0n) is 23.0. The van der Waals surface area contributed by atoms with Crippen molar-refractivity contribution >= 4 is 85.3 Å². The zero-order chi connectivity index (χ0) is 28.2. The molecule has 0 fully saturated rings. The standard InChI is InChI=1S/C34H38Br4O2/c35-17-5-1-3-7-19-39-31-15-11-27-21-25(23-37)9-13-29(27)33(31)34-30-14-10-26(24-38)22-28(30)12-16-32(34)40-20-8-4-2-6-18-36/h9-16,21-22H,1-8,17-20,23-24H2.